The zero-order chi connectivity index (χ0) is 21.7. The number of carbonyl (C=O) groups is 2. The third kappa shape index (κ3) is 4.73. The Morgan fingerprint density at radius 2 is 1.90 bits per heavy atom. The van der Waals surface area contributed by atoms with E-state index in [2.05, 4.69) is 16.0 Å². The highest BCUT2D eigenvalue weighted by Gasteiger charge is 2.27. The maximum Gasteiger partial charge on any atom is 0.306 e. The predicted octanol–water partition coefficient (Wildman–Crippen LogP) is 4.77. The van der Waals surface area contributed by atoms with Crippen LogP contribution in [0.1, 0.15) is 73.4 Å². The number of anilines is 1. The van der Waals surface area contributed by atoms with Crippen molar-refractivity contribution in [2.45, 2.75) is 64.8 Å². The number of nitriles is 1. The smallest absolute Gasteiger partial charge is 0.306 e. The molecule has 30 heavy (non-hydrogen) atoms. The monoisotopic (exact) mass is 407 g/mol. The summed E-state index contributed by atoms with van der Waals surface area (Å²) in [5, 5.41) is 12.5. The number of nitrogens with one attached hydrogen (secondary N) is 1. The van der Waals surface area contributed by atoms with Crippen LogP contribution >= 0.6 is 0 Å². The lowest BCUT2D eigenvalue weighted by molar-refractivity contribution is -0.147. The van der Waals surface area contributed by atoms with Gasteiger partial charge in [-0.2, -0.15) is 5.26 Å². The van der Waals surface area contributed by atoms with Gasteiger partial charge in [-0.15, -0.1) is 0 Å². The Hall–Kier alpha value is -3.07. The summed E-state index contributed by atoms with van der Waals surface area (Å²) < 4.78 is 7.28. The van der Waals surface area contributed by atoms with Gasteiger partial charge in [0.15, 0.2) is 6.61 Å². The van der Waals surface area contributed by atoms with Crippen LogP contribution in [0.4, 0.5) is 5.82 Å². The quantitative estimate of drug-likeness (QED) is 0.670. The van der Waals surface area contributed by atoms with Gasteiger partial charge in [0, 0.05) is 11.7 Å². The molecule has 1 saturated carbocycles. The number of rotatable bonds is 7. The summed E-state index contributed by atoms with van der Waals surface area (Å²) in [6.07, 6.45) is 4.57. The predicted molar refractivity (Wildman–Crippen MR) is 115 cm³/mol. The van der Waals surface area contributed by atoms with Crippen LogP contribution in [0.5, 0.6) is 0 Å². The van der Waals surface area contributed by atoms with Crippen molar-refractivity contribution in [2.75, 3.05) is 11.9 Å². The SMILES string of the molecule is Cc1c(C#N)c(NC(=O)COC(=O)CC(C)c2ccccc2)n(C2CCCC2)c1C. The minimum atomic E-state index is -0.427. The Balaban J connectivity index is 1.63. The number of aromatic nitrogens is 1. The molecule has 0 saturated heterocycles. The van der Waals surface area contributed by atoms with Crippen molar-refractivity contribution in [3.8, 4) is 6.07 Å². The van der Waals surface area contributed by atoms with E-state index < -0.39 is 11.9 Å². The van der Waals surface area contributed by atoms with E-state index >= 15 is 0 Å². The number of esters is 1. The molecule has 1 aromatic heterocycles. The number of hydrogen-bond acceptors (Lipinski definition) is 4. The average molecular weight is 408 g/mol. The van der Waals surface area contributed by atoms with Crippen molar-refractivity contribution in [2.24, 2.45) is 0 Å². The molecule has 6 heteroatoms. The van der Waals surface area contributed by atoms with Gasteiger partial charge in [-0.05, 0) is 43.7 Å². The first-order valence-corrected chi connectivity index (χ1v) is 10.5. The molecule has 0 spiro atoms. The van der Waals surface area contributed by atoms with Crippen LogP contribution < -0.4 is 5.32 Å². The lowest BCUT2D eigenvalue weighted by Gasteiger charge is -2.19. The van der Waals surface area contributed by atoms with Gasteiger partial charge in [-0.1, -0.05) is 50.1 Å². The maximum atomic E-state index is 12.5. The topological polar surface area (TPSA) is 84.1 Å². The summed E-state index contributed by atoms with van der Waals surface area (Å²) in [4.78, 5) is 24.7. The zero-order valence-corrected chi connectivity index (χ0v) is 17.9. The molecule has 0 bridgehead atoms. The molecular weight excluding hydrogens is 378 g/mol. The molecule has 1 aromatic carbocycles. The summed E-state index contributed by atoms with van der Waals surface area (Å²) in [7, 11) is 0. The average Bonchev–Trinajstić information content (AvgIpc) is 3.34. The molecule has 6 nitrogen and oxygen atoms in total. The molecule has 1 unspecified atom stereocenters. The lowest BCUT2D eigenvalue weighted by Crippen LogP contribution is -2.24. The Morgan fingerprint density at radius 1 is 1.23 bits per heavy atom. The van der Waals surface area contributed by atoms with Crippen LogP contribution in [0.25, 0.3) is 0 Å². The Labute approximate surface area is 177 Å². The molecular formula is C24H29N3O3. The van der Waals surface area contributed by atoms with Crippen LogP contribution in [0, 0.1) is 25.2 Å². The molecule has 158 valence electrons. The van der Waals surface area contributed by atoms with Gasteiger partial charge in [0.05, 0.1) is 12.0 Å². The van der Waals surface area contributed by atoms with Crippen molar-refractivity contribution < 1.29 is 14.3 Å². The maximum absolute atomic E-state index is 12.5. The summed E-state index contributed by atoms with van der Waals surface area (Å²) >= 11 is 0. The second-order valence-electron chi connectivity index (χ2n) is 8.08. The minimum absolute atomic E-state index is 0.0110. The van der Waals surface area contributed by atoms with E-state index in [1.807, 2.05) is 51.1 Å². The van der Waals surface area contributed by atoms with Crippen molar-refractivity contribution in [1.29, 1.82) is 5.26 Å². The van der Waals surface area contributed by atoms with Gasteiger partial charge >= 0.3 is 5.97 Å². The second kappa shape index (κ2) is 9.62. The Kier molecular flexibility index (Phi) is 6.94. The fourth-order valence-electron chi connectivity index (χ4n) is 4.23. The summed E-state index contributed by atoms with van der Waals surface area (Å²) in [6, 6.07) is 12.2. The summed E-state index contributed by atoms with van der Waals surface area (Å²) in [5.41, 5.74) is 3.42. The highest BCUT2D eigenvalue weighted by Crippen LogP contribution is 2.37. The van der Waals surface area contributed by atoms with E-state index in [4.69, 9.17) is 4.74 Å². The number of hydrogen-bond donors (Lipinski definition) is 1. The van der Waals surface area contributed by atoms with E-state index in [0.717, 1.165) is 42.5 Å². The molecule has 1 amide bonds. The first-order valence-electron chi connectivity index (χ1n) is 10.5. The molecule has 1 aliphatic carbocycles. The first kappa shape index (κ1) is 21.6. The standard InChI is InChI=1S/C24H29N3O3/c1-16(19-9-5-4-6-10-19)13-23(29)30-15-22(28)26-24-21(14-25)17(2)18(3)27(24)20-11-7-8-12-20/h4-6,9-10,16,20H,7-8,11-13,15H2,1-3H3,(H,26,28). The highest BCUT2D eigenvalue weighted by atomic mass is 16.5. The zero-order valence-electron chi connectivity index (χ0n) is 17.9. The first-order chi connectivity index (χ1) is 14.4. The fraction of sp³-hybridized carbons (Fsp3) is 0.458. The normalized spacial score (nSPS) is 14.9. The van der Waals surface area contributed by atoms with Crippen LogP contribution in [0.2, 0.25) is 0 Å². The molecule has 2 aromatic rings. The summed E-state index contributed by atoms with van der Waals surface area (Å²) in [6.45, 7) is 5.48. The summed E-state index contributed by atoms with van der Waals surface area (Å²) in [5.74, 6) is -0.306. The number of ether oxygens (including phenoxy) is 1. The van der Waals surface area contributed by atoms with E-state index in [9.17, 15) is 14.9 Å². The fourth-order valence-corrected chi connectivity index (χ4v) is 4.23. The largest absolute Gasteiger partial charge is 0.456 e. The number of amides is 1. The number of nitrogens with zero attached hydrogens (tertiary/aromatic N) is 2. The van der Waals surface area contributed by atoms with Gasteiger partial charge in [0.2, 0.25) is 0 Å². The molecule has 0 radical (unpaired) electrons. The molecule has 1 N–H and O–H groups in total. The van der Waals surface area contributed by atoms with E-state index in [-0.39, 0.29) is 25.0 Å². The van der Waals surface area contributed by atoms with Crippen LogP contribution in [0.3, 0.4) is 0 Å². The molecule has 1 atom stereocenters. The van der Waals surface area contributed by atoms with Crippen molar-refractivity contribution in [3.05, 3.63) is 52.7 Å². The van der Waals surface area contributed by atoms with E-state index in [0.29, 0.717) is 11.4 Å². The van der Waals surface area contributed by atoms with Crippen molar-refractivity contribution in [1.82, 2.24) is 4.57 Å². The van der Waals surface area contributed by atoms with E-state index in [1.54, 1.807) is 0 Å². The van der Waals surface area contributed by atoms with Gasteiger partial charge in [0.25, 0.3) is 5.91 Å². The minimum Gasteiger partial charge on any atom is -0.456 e. The molecule has 0 aliphatic heterocycles. The third-order valence-corrected chi connectivity index (χ3v) is 6.02. The third-order valence-electron chi connectivity index (χ3n) is 6.02. The van der Waals surface area contributed by atoms with Crippen LogP contribution in [0.15, 0.2) is 30.3 Å². The van der Waals surface area contributed by atoms with Gasteiger partial charge in [-0.25, -0.2) is 0 Å². The van der Waals surface area contributed by atoms with Crippen LogP contribution in [-0.4, -0.2) is 23.1 Å². The Morgan fingerprint density at radius 3 is 2.53 bits per heavy atom. The van der Waals surface area contributed by atoms with Crippen LogP contribution in [-0.2, 0) is 14.3 Å². The highest BCUT2D eigenvalue weighted by molar-refractivity contribution is 5.93. The van der Waals surface area contributed by atoms with E-state index in [1.165, 1.54) is 0 Å². The molecule has 1 fully saturated rings. The molecule has 1 heterocycles. The van der Waals surface area contributed by atoms with Gasteiger partial charge < -0.3 is 14.6 Å². The second-order valence-corrected chi connectivity index (χ2v) is 8.08. The van der Waals surface area contributed by atoms with Gasteiger partial charge in [0.1, 0.15) is 11.9 Å². The van der Waals surface area contributed by atoms with Gasteiger partial charge in [-0.3, -0.25) is 9.59 Å². The van der Waals surface area contributed by atoms with Crippen molar-refractivity contribution >= 4 is 17.7 Å². The molecule has 3 rings (SSSR count). The number of carbonyl (C=O) groups excluding carboxylic acids is 2. The lowest BCUT2D eigenvalue weighted by atomic mass is 9.98. The number of benzene rings is 1. The molecule has 1 aliphatic rings. The Bertz CT molecular complexity index is 950. The van der Waals surface area contributed by atoms with Crippen molar-refractivity contribution in [3.63, 3.8) is 0 Å².